The van der Waals surface area contributed by atoms with Crippen molar-refractivity contribution in [3.05, 3.63) is 81.0 Å². The molecule has 1 aromatic heterocycles. The quantitative estimate of drug-likeness (QED) is 0.736. The second-order valence-electron chi connectivity index (χ2n) is 7.09. The Morgan fingerprint density at radius 1 is 1.11 bits per heavy atom. The largest absolute Gasteiger partial charge is 0.348 e. The number of benzene rings is 2. The fraction of sp³-hybridized carbons (Fsp3) is 0.286. The number of nitrogens with zero attached hydrogens (tertiary/aromatic N) is 3. The summed E-state index contributed by atoms with van der Waals surface area (Å²) in [7, 11) is 0. The summed E-state index contributed by atoms with van der Waals surface area (Å²) in [6.45, 7) is 3.25. The molecule has 2 heterocycles. The molecule has 28 heavy (non-hydrogen) atoms. The van der Waals surface area contributed by atoms with Crippen molar-refractivity contribution in [1.82, 2.24) is 19.7 Å². The number of rotatable bonds is 3. The second-order valence-corrected chi connectivity index (χ2v) is 7.52. The fourth-order valence-corrected chi connectivity index (χ4v) is 3.75. The van der Waals surface area contributed by atoms with E-state index in [1.165, 1.54) is 4.68 Å². The van der Waals surface area contributed by atoms with Crippen LogP contribution in [0.3, 0.4) is 0 Å². The van der Waals surface area contributed by atoms with Crippen LogP contribution in [0.25, 0.3) is 5.69 Å². The number of nitrogens with one attached hydrogen (secondary N) is 1. The summed E-state index contributed by atoms with van der Waals surface area (Å²) >= 11 is 5.91. The van der Waals surface area contributed by atoms with Crippen LogP contribution in [0.15, 0.2) is 53.3 Å². The predicted molar refractivity (Wildman–Crippen MR) is 108 cm³/mol. The van der Waals surface area contributed by atoms with Crippen molar-refractivity contribution in [1.29, 1.82) is 0 Å². The molecule has 7 heteroatoms. The molecule has 1 fully saturated rings. The van der Waals surface area contributed by atoms with Crippen molar-refractivity contribution in [3.63, 3.8) is 0 Å². The highest BCUT2D eigenvalue weighted by Gasteiger charge is 2.27. The monoisotopic (exact) mass is 396 g/mol. The predicted octanol–water partition coefficient (Wildman–Crippen LogP) is 3.54. The van der Waals surface area contributed by atoms with E-state index in [1.807, 2.05) is 36.1 Å². The van der Waals surface area contributed by atoms with Crippen molar-refractivity contribution in [3.8, 4) is 5.69 Å². The lowest BCUT2D eigenvalue weighted by Gasteiger charge is -2.31. The highest BCUT2D eigenvalue weighted by molar-refractivity contribution is 6.30. The topological polar surface area (TPSA) is 71.0 Å². The lowest BCUT2D eigenvalue weighted by molar-refractivity contribution is 0.0710. The number of carbonyl (C=O) groups is 1. The average molecular weight is 397 g/mol. The van der Waals surface area contributed by atoms with E-state index in [-0.39, 0.29) is 17.5 Å². The molecule has 1 aliphatic rings. The Morgan fingerprint density at radius 2 is 1.79 bits per heavy atom. The summed E-state index contributed by atoms with van der Waals surface area (Å²) in [6.07, 6.45) is 1.54. The number of carbonyl (C=O) groups excluding carboxylic acids is 1. The molecule has 1 saturated heterocycles. The van der Waals surface area contributed by atoms with Crippen LogP contribution in [0.1, 0.15) is 40.5 Å². The number of hydrogen-bond acceptors (Lipinski definition) is 3. The molecule has 0 radical (unpaired) electrons. The number of hydrogen-bond donors (Lipinski definition) is 1. The van der Waals surface area contributed by atoms with Gasteiger partial charge in [0.2, 0.25) is 0 Å². The normalized spacial score (nSPS) is 15.0. The van der Waals surface area contributed by atoms with Crippen LogP contribution in [-0.2, 0) is 0 Å². The molecular formula is C21H21ClN4O2. The van der Waals surface area contributed by atoms with Crippen molar-refractivity contribution in [2.24, 2.45) is 0 Å². The van der Waals surface area contributed by atoms with Crippen LogP contribution in [0.5, 0.6) is 0 Å². The summed E-state index contributed by atoms with van der Waals surface area (Å²) in [5.74, 6) is 0.863. The number of halogens is 1. The van der Waals surface area contributed by atoms with Crippen molar-refractivity contribution >= 4 is 17.5 Å². The molecule has 4 rings (SSSR count). The third kappa shape index (κ3) is 3.60. The molecule has 6 nitrogen and oxygen atoms in total. The van der Waals surface area contributed by atoms with E-state index in [2.05, 4.69) is 10.1 Å². The first kappa shape index (κ1) is 18.5. The molecule has 144 valence electrons. The Labute approximate surface area is 167 Å². The Morgan fingerprint density at radius 3 is 2.46 bits per heavy atom. The minimum atomic E-state index is -0.268. The van der Waals surface area contributed by atoms with Crippen molar-refractivity contribution in [2.75, 3.05) is 13.1 Å². The van der Waals surface area contributed by atoms with Gasteiger partial charge in [-0.1, -0.05) is 29.8 Å². The fourth-order valence-electron chi connectivity index (χ4n) is 3.62. The molecule has 0 bridgehead atoms. The van der Waals surface area contributed by atoms with Gasteiger partial charge >= 0.3 is 5.69 Å². The van der Waals surface area contributed by atoms with Gasteiger partial charge in [0.1, 0.15) is 5.82 Å². The molecule has 1 amide bonds. The van der Waals surface area contributed by atoms with Gasteiger partial charge in [-0.2, -0.15) is 4.68 Å². The lowest BCUT2D eigenvalue weighted by Crippen LogP contribution is -2.38. The van der Waals surface area contributed by atoms with Gasteiger partial charge < -0.3 is 4.90 Å². The molecule has 0 atom stereocenters. The number of amides is 1. The van der Waals surface area contributed by atoms with Gasteiger partial charge in [0, 0.05) is 29.6 Å². The van der Waals surface area contributed by atoms with Gasteiger partial charge in [-0.3, -0.25) is 9.78 Å². The number of piperidine rings is 1. The first-order valence-corrected chi connectivity index (χ1v) is 9.71. The number of H-pyrrole nitrogens is 1. The van der Waals surface area contributed by atoms with Crippen molar-refractivity contribution < 1.29 is 4.79 Å². The van der Waals surface area contributed by atoms with Gasteiger partial charge in [0.15, 0.2) is 0 Å². The SMILES string of the molecule is Cc1ccccc1C(=O)N1CCC(c2nn(-c3ccc(Cl)cc3)c(=O)[nH]2)CC1. The number of aromatic amines is 1. The van der Waals surface area contributed by atoms with Gasteiger partial charge in [-0.15, -0.1) is 5.10 Å². The molecule has 0 aliphatic carbocycles. The maximum atomic E-state index is 12.8. The Hall–Kier alpha value is -2.86. The van der Waals surface area contributed by atoms with Gasteiger partial charge in [0.05, 0.1) is 5.69 Å². The average Bonchev–Trinajstić information content (AvgIpc) is 3.10. The minimum Gasteiger partial charge on any atom is -0.339 e. The zero-order valence-electron chi connectivity index (χ0n) is 15.6. The third-order valence-corrected chi connectivity index (χ3v) is 5.50. The van der Waals surface area contributed by atoms with Crippen LogP contribution >= 0.6 is 11.6 Å². The van der Waals surface area contributed by atoms with Crippen LogP contribution in [0.4, 0.5) is 0 Å². The molecule has 2 aromatic carbocycles. The smallest absolute Gasteiger partial charge is 0.339 e. The molecule has 0 spiro atoms. The summed E-state index contributed by atoms with van der Waals surface area (Å²) < 4.78 is 1.36. The van der Waals surface area contributed by atoms with E-state index >= 15 is 0 Å². The minimum absolute atomic E-state index is 0.0664. The van der Waals surface area contributed by atoms with Crippen LogP contribution < -0.4 is 5.69 Å². The lowest BCUT2D eigenvalue weighted by atomic mass is 9.95. The third-order valence-electron chi connectivity index (χ3n) is 5.25. The van der Waals surface area contributed by atoms with Crippen LogP contribution in [0, 0.1) is 6.92 Å². The molecule has 1 N–H and O–H groups in total. The first-order chi connectivity index (χ1) is 13.5. The second kappa shape index (κ2) is 7.64. The van der Waals surface area contributed by atoms with Gasteiger partial charge in [0.25, 0.3) is 5.91 Å². The Bertz CT molecular complexity index is 1050. The Kier molecular flexibility index (Phi) is 5.05. The highest BCUT2D eigenvalue weighted by atomic mass is 35.5. The Balaban J connectivity index is 1.46. The summed E-state index contributed by atoms with van der Waals surface area (Å²) in [6, 6.07) is 14.6. The molecule has 0 unspecified atom stereocenters. The van der Waals surface area contributed by atoms with Crippen molar-refractivity contribution in [2.45, 2.75) is 25.7 Å². The number of aromatic nitrogens is 3. The van der Waals surface area contributed by atoms with Crippen LogP contribution in [0.2, 0.25) is 5.02 Å². The molecular weight excluding hydrogens is 376 g/mol. The summed E-state index contributed by atoms with van der Waals surface area (Å²) in [4.78, 5) is 29.8. The van der Waals surface area contributed by atoms with E-state index in [1.54, 1.807) is 24.3 Å². The highest BCUT2D eigenvalue weighted by Crippen LogP contribution is 2.26. The first-order valence-electron chi connectivity index (χ1n) is 9.33. The molecule has 0 saturated carbocycles. The van der Waals surface area contributed by atoms with E-state index in [0.29, 0.717) is 29.6 Å². The molecule has 1 aliphatic heterocycles. The summed E-state index contributed by atoms with van der Waals surface area (Å²) in [5.41, 5.74) is 2.14. The molecule has 3 aromatic rings. The summed E-state index contributed by atoms with van der Waals surface area (Å²) in [5, 5.41) is 5.09. The van der Waals surface area contributed by atoms with E-state index in [9.17, 15) is 9.59 Å². The standard InChI is InChI=1S/C21H21ClN4O2/c1-14-4-2-3-5-18(14)20(27)25-12-10-15(11-13-25)19-23-21(28)26(24-19)17-8-6-16(22)7-9-17/h2-9,15H,10-13H2,1H3,(H,23,24,28). The van der Waals surface area contributed by atoms with Gasteiger partial charge in [-0.05, 0) is 55.7 Å². The van der Waals surface area contributed by atoms with Crippen LogP contribution in [-0.4, -0.2) is 38.7 Å². The maximum Gasteiger partial charge on any atom is 0.348 e. The van der Waals surface area contributed by atoms with E-state index in [0.717, 1.165) is 24.0 Å². The zero-order valence-corrected chi connectivity index (χ0v) is 16.3. The van der Waals surface area contributed by atoms with E-state index in [4.69, 9.17) is 11.6 Å². The number of likely N-dealkylation sites (tertiary alicyclic amines) is 1. The zero-order chi connectivity index (χ0) is 19.7. The van der Waals surface area contributed by atoms with E-state index < -0.39 is 0 Å². The van der Waals surface area contributed by atoms with Gasteiger partial charge in [-0.25, -0.2) is 4.79 Å². The maximum absolute atomic E-state index is 12.8. The number of aryl methyl sites for hydroxylation is 1.